The van der Waals surface area contributed by atoms with Crippen LogP contribution in [0.3, 0.4) is 0 Å². The standard InChI is InChI=1S/C12H13N5O3/c1-6-4-7(2-3-9(6)18)12(19)15-11-8(5-14-16-11)10(13)17-20/h2-5,18,20H,1H3,(H2,13,17)(H2,14,15,16,19). The van der Waals surface area contributed by atoms with Gasteiger partial charge in [-0.1, -0.05) is 5.16 Å². The van der Waals surface area contributed by atoms with Gasteiger partial charge < -0.3 is 21.4 Å². The number of nitrogens with zero attached hydrogens (tertiary/aromatic N) is 2. The molecule has 0 spiro atoms. The number of rotatable bonds is 3. The van der Waals surface area contributed by atoms with Crippen LogP contribution in [-0.4, -0.2) is 32.3 Å². The fourth-order valence-corrected chi connectivity index (χ4v) is 1.61. The highest BCUT2D eigenvalue weighted by atomic mass is 16.4. The van der Waals surface area contributed by atoms with Gasteiger partial charge in [0.2, 0.25) is 0 Å². The number of amides is 1. The van der Waals surface area contributed by atoms with E-state index in [1.807, 2.05) is 0 Å². The molecule has 20 heavy (non-hydrogen) atoms. The van der Waals surface area contributed by atoms with Crippen LogP contribution in [0.5, 0.6) is 5.75 Å². The maximum atomic E-state index is 12.1. The van der Waals surface area contributed by atoms with E-state index < -0.39 is 5.91 Å². The Labute approximate surface area is 113 Å². The van der Waals surface area contributed by atoms with Crippen LogP contribution in [0.2, 0.25) is 0 Å². The molecule has 1 heterocycles. The summed E-state index contributed by atoms with van der Waals surface area (Å²) in [5.41, 5.74) is 6.67. The van der Waals surface area contributed by atoms with Crippen molar-refractivity contribution in [3.05, 3.63) is 41.1 Å². The topological polar surface area (TPSA) is 137 Å². The number of H-pyrrole nitrogens is 1. The number of aromatic nitrogens is 2. The molecule has 1 aromatic carbocycles. The first-order valence-corrected chi connectivity index (χ1v) is 5.65. The molecule has 0 bridgehead atoms. The molecule has 0 saturated heterocycles. The quantitative estimate of drug-likeness (QED) is 0.244. The first kappa shape index (κ1) is 13.4. The second-order valence-corrected chi connectivity index (χ2v) is 4.10. The molecule has 1 amide bonds. The Morgan fingerprint density at radius 2 is 2.25 bits per heavy atom. The van der Waals surface area contributed by atoms with Gasteiger partial charge in [0, 0.05) is 5.56 Å². The minimum atomic E-state index is -0.413. The normalized spacial score (nSPS) is 11.3. The Morgan fingerprint density at radius 1 is 1.50 bits per heavy atom. The SMILES string of the molecule is Cc1cc(C(=O)Nc2[nH]ncc2/C(N)=N/O)ccc1O. The predicted octanol–water partition coefficient (Wildman–Crippen LogP) is 0.771. The minimum Gasteiger partial charge on any atom is -0.508 e. The third-order valence-corrected chi connectivity index (χ3v) is 2.72. The number of phenols is 1. The van der Waals surface area contributed by atoms with E-state index in [1.165, 1.54) is 18.3 Å². The number of nitrogens with two attached hydrogens (primary N) is 1. The summed E-state index contributed by atoms with van der Waals surface area (Å²) in [4.78, 5) is 12.1. The largest absolute Gasteiger partial charge is 0.508 e. The average molecular weight is 275 g/mol. The summed E-state index contributed by atoms with van der Waals surface area (Å²) in [5.74, 6) is -0.253. The van der Waals surface area contributed by atoms with Crippen molar-refractivity contribution in [2.24, 2.45) is 10.9 Å². The molecule has 6 N–H and O–H groups in total. The number of aromatic hydroxyl groups is 1. The van der Waals surface area contributed by atoms with Gasteiger partial charge in [-0.2, -0.15) is 5.10 Å². The molecule has 2 rings (SSSR count). The lowest BCUT2D eigenvalue weighted by atomic mass is 10.1. The zero-order valence-electron chi connectivity index (χ0n) is 10.6. The second kappa shape index (κ2) is 5.31. The Bertz CT molecular complexity index is 677. The van der Waals surface area contributed by atoms with E-state index in [2.05, 4.69) is 20.7 Å². The molecule has 1 aromatic heterocycles. The van der Waals surface area contributed by atoms with Gasteiger partial charge in [-0.3, -0.25) is 9.89 Å². The van der Waals surface area contributed by atoms with Crippen molar-refractivity contribution < 1.29 is 15.1 Å². The summed E-state index contributed by atoms with van der Waals surface area (Å²) in [6.45, 7) is 1.68. The van der Waals surface area contributed by atoms with E-state index in [4.69, 9.17) is 10.9 Å². The Morgan fingerprint density at radius 3 is 2.90 bits per heavy atom. The summed E-state index contributed by atoms with van der Waals surface area (Å²) in [5, 5.41) is 29.7. The number of carbonyl (C=O) groups excluding carboxylic acids is 1. The molecular formula is C12H13N5O3. The lowest BCUT2D eigenvalue weighted by molar-refractivity contribution is 0.102. The monoisotopic (exact) mass is 275 g/mol. The molecule has 0 unspecified atom stereocenters. The average Bonchev–Trinajstić information content (AvgIpc) is 2.89. The lowest BCUT2D eigenvalue weighted by Gasteiger charge is -2.06. The molecule has 0 radical (unpaired) electrons. The Kier molecular flexibility index (Phi) is 3.56. The van der Waals surface area contributed by atoms with Crippen LogP contribution < -0.4 is 11.1 Å². The maximum absolute atomic E-state index is 12.1. The van der Waals surface area contributed by atoms with E-state index >= 15 is 0 Å². The second-order valence-electron chi connectivity index (χ2n) is 4.10. The number of aryl methyl sites for hydroxylation is 1. The molecule has 8 heteroatoms. The fourth-order valence-electron chi connectivity index (χ4n) is 1.61. The van der Waals surface area contributed by atoms with Crippen molar-refractivity contribution in [2.75, 3.05) is 5.32 Å². The van der Waals surface area contributed by atoms with Crippen molar-refractivity contribution >= 4 is 17.6 Å². The van der Waals surface area contributed by atoms with E-state index in [9.17, 15) is 9.90 Å². The highest BCUT2D eigenvalue weighted by Crippen LogP contribution is 2.18. The van der Waals surface area contributed by atoms with Gasteiger partial charge in [0.15, 0.2) is 5.84 Å². The molecule has 0 saturated carbocycles. The molecular weight excluding hydrogens is 262 g/mol. The molecule has 104 valence electrons. The van der Waals surface area contributed by atoms with Crippen LogP contribution >= 0.6 is 0 Å². The van der Waals surface area contributed by atoms with E-state index in [-0.39, 0.29) is 23.0 Å². The zero-order valence-corrected chi connectivity index (χ0v) is 10.6. The number of oxime groups is 1. The van der Waals surface area contributed by atoms with Gasteiger partial charge in [0.05, 0.1) is 11.8 Å². The van der Waals surface area contributed by atoms with Gasteiger partial charge in [-0.25, -0.2) is 0 Å². The van der Waals surface area contributed by atoms with E-state index in [0.717, 1.165) is 0 Å². The number of hydrogen-bond acceptors (Lipinski definition) is 5. The number of benzene rings is 1. The highest BCUT2D eigenvalue weighted by molar-refractivity contribution is 6.09. The molecule has 0 aliphatic carbocycles. The molecule has 0 aliphatic heterocycles. The van der Waals surface area contributed by atoms with Crippen molar-refractivity contribution in [2.45, 2.75) is 6.92 Å². The summed E-state index contributed by atoms with van der Waals surface area (Å²) < 4.78 is 0. The molecule has 0 fully saturated rings. The van der Waals surface area contributed by atoms with Gasteiger partial charge in [-0.15, -0.1) is 0 Å². The maximum Gasteiger partial charge on any atom is 0.256 e. The molecule has 2 aromatic rings. The van der Waals surface area contributed by atoms with Crippen LogP contribution in [0.15, 0.2) is 29.6 Å². The first-order chi connectivity index (χ1) is 9.52. The summed E-state index contributed by atoms with van der Waals surface area (Å²) in [6, 6.07) is 4.46. The van der Waals surface area contributed by atoms with Crippen LogP contribution in [-0.2, 0) is 0 Å². The smallest absolute Gasteiger partial charge is 0.256 e. The summed E-state index contributed by atoms with van der Waals surface area (Å²) in [6.07, 6.45) is 1.33. The third-order valence-electron chi connectivity index (χ3n) is 2.72. The summed E-state index contributed by atoms with van der Waals surface area (Å²) in [7, 11) is 0. The number of anilines is 1. The van der Waals surface area contributed by atoms with Crippen molar-refractivity contribution in [3.63, 3.8) is 0 Å². The number of aromatic amines is 1. The zero-order chi connectivity index (χ0) is 14.7. The third kappa shape index (κ3) is 2.53. The van der Waals surface area contributed by atoms with Gasteiger partial charge in [-0.05, 0) is 30.7 Å². The van der Waals surface area contributed by atoms with Crippen molar-refractivity contribution in [1.29, 1.82) is 0 Å². The summed E-state index contributed by atoms with van der Waals surface area (Å²) >= 11 is 0. The number of carbonyl (C=O) groups is 1. The predicted molar refractivity (Wildman–Crippen MR) is 71.9 cm³/mol. The molecule has 0 atom stereocenters. The van der Waals surface area contributed by atoms with Crippen molar-refractivity contribution in [3.8, 4) is 5.75 Å². The van der Waals surface area contributed by atoms with Crippen LogP contribution in [0.25, 0.3) is 0 Å². The van der Waals surface area contributed by atoms with Crippen LogP contribution in [0.4, 0.5) is 5.82 Å². The number of nitrogens with one attached hydrogen (secondary N) is 2. The fraction of sp³-hybridized carbons (Fsp3) is 0.0833. The molecule has 8 nitrogen and oxygen atoms in total. The van der Waals surface area contributed by atoms with E-state index in [1.54, 1.807) is 13.0 Å². The minimum absolute atomic E-state index is 0.112. The Balaban J connectivity index is 2.24. The van der Waals surface area contributed by atoms with Crippen LogP contribution in [0, 0.1) is 6.92 Å². The van der Waals surface area contributed by atoms with Gasteiger partial charge in [0.1, 0.15) is 11.6 Å². The first-order valence-electron chi connectivity index (χ1n) is 5.65. The van der Waals surface area contributed by atoms with Crippen molar-refractivity contribution in [1.82, 2.24) is 10.2 Å². The van der Waals surface area contributed by atoms with Gasteiger partial charge >= 0.3 is 0 Å². The number of hydrogen-bond donors (Lipinski definition) is 5. The van der Waals surface area contributed by atoms with E-state index in [0.29, 0.717) is 11.1 Å². The Hall–Kier alpha value is -3.03. The van der Waals surface area contributed by atoms with Crippen LogP contribution in [0.1, 0.15) is 21.5 Å². The van der Waals surface area contributed by atoms with Gasteiger partial charge in [0.25, 0.3) is 5.91 Å². The number of phenolic OH excluding ortho intramolecular Hbond substituents is 1. The number of amidine groups is 1. The lowest BCUT2D eigenvalue weighted by Crippen LogP contribution is -2.18. The highest BCUT2D eigenvalue weighted by Gasteiger charge is 2.14. The molecule has 0 aliphatic rings.